The van der Waals surface area contributed by atoms with E-state index >= 15 is 0 Å². The van der Waals surface area contributed by atoms with E-state index in [0.717, 1.165) is 5.56 Å². The molecular weight excluding hydrogens is 214 g/mol. The predicted molar refractivity (Wildman–Crippen MR) is 58.8 cm³/mol. The van der Waals surface area contributed by atoms with E-state index in [-0.39, 0.29) is 11.0 Å². The number of carbonyl (C=O) groups is 1. The fourth-order valence-electron chi connectivity index (χ4n) is 1.55. The number of halogens is 1. The minimum atomic E-state index is -0.601. The lowest BCUT2D eigenvalue weighted by Crippen LogP contribution is -2.24. The maximum atomic E-state index is 11.7. The molecule has 1 atom stereocenters. The highest BCUT2D eigenvalue weighted by atomic mass is 35.5. The van der Waals surface area contributed by atoms with Gasteiger partial charge in [-0.1, -0.05) is 29.8 Å². The zero-order valence-electron chi connectivity index (χ0n) is 8.24. The quantitative estimate of drug-likeness (QED) is 0.773. The molecule has 1 aliphatic heterocycles. The lowest BCUT2D eigenvalue weighted by atomic mass is 10.0. The highest BCUT2D eigenvalue weighted by molar-refractivity contribution is 6.84. The molecule has 0 radical (unpaired) electrons. The largest absolute Gasteiger partial charge is 0.365 e. The van der Waals surface area contributed by atoms with Gasteiger partial charge in [0.15, 0.2) is 11.3 Å². The Morgan fingerprint density at radius 2 is 2.20 bits per heavy atom. The standard InChI is InChI=1S/C11H10ClNO2/c1-2-15-10-7-5-3-4-6-8(7)13-11(12)9(10)14/h3-6,10H,2H2,1H3. The van der Waals surface area contributed by atoms with Gasteiger partial charge in [0.2, 0.25) is 5.78 Å². The summed E-state index contributed by atoms with van der Waals surface area (Å²) >= 11 is 5.75. The number of nitrogens with zero attached hydrogens (tertiary/aromatic N) is 1. The highest BCUT2D eigenvalue weighted by Crippen LogP contribution is 2.33. The Kier molecular flexibility index (Phi) is 2.84. The Morgan fingerprint density at radius 1 is 1.47 bits per heavy atom. The minimum Gasteiger partial charge on any atom is -0.365 e. The van der Waals surface area contributed by atoms with Crippen molar-refractivity contribution in [2.24, 2.45) is 4.99 Å². The van der Waals surface area contributed by atoms with E-state index < -0.39 is 6.10 Å². The number of Topliss-reactive ketones (excluding diaryl/α,β-unsaturated/α-hetero) is 1. The first-order valence-corrected chi connectivity index (χ1v) is 5.10. The second-order valence-electron chi connectivity index (χ2n) is 3.16. The molecule has 15 heavy (non-hydrogen) atoms. The van der Waals surface area contributed by atoms with E-state index in [9.17, 15) is 4.79 Å². The lowest BCUT2D eigenvalue weighted by molar-refractivity contribution is -0.123. The van der Waals surface area contributed by atoms with Crippen molar-refractivity contribution in [2.45, 2.75) is 13.0 Å². The van der Waals surface area contributed by atoms with Crippen molar-refractivity contribution in [3.05, 3.63) is 29.8 Å². The van der Waals surface area contributed by atoms with Gasteiger partial charge in [0, 0.05) is 12.2 Å². The molecule has 0 aliphatic carbocycles. The molecular formula is C11H10ClNO2. The van der Waals surface area contributed by atoms with Gasteiger partial charge >= 0.3 is 0 Å². The molecule has 1 unspecified atom stereocenters. The molecule has 2 rings (SSSR count). The summed E-state index contributed by atoms with van der Waals surface area (Å²) in [4.78, 5) is 15.7. The molecule has 0 N–H and O–H groups in total. The molecule has 0 bridgehead atoms. The summed E-state index contributed by atoms with van der Waals surface area (Å²) in [7, 11) is 0. The predicted octanol–water partition coefficient (Wildman–Crippen LogP) is 2.62. The van der Waals surface area contributed by atoms with E-state index in [1.165, 1.54) is 0 Å². The number of ether oxygens (including phenoxy) is 1. The lowest BCUT2D eigenvalue weighted by Gasteiger charge is -2.20. The highest BCUT2D eigenvalue weighted by Gasteiger charge is 2.30. The molecule has 1 aromatic rings. The number of carbonyl (C=O) groups excluding carboxylic acids is 1. The van der Waals surface area contributed by atoms with Gasteiger partial charge in [-0.15, -0.1) is 0 Å². The van der Waals surface area contributed by atoms with E-state index in [1.54, 1.807) is 0 Å². The van der Waals surface area contributed by atoms with Crippen LogP contribution in [0.15, 0.2) is 29.3 Å². The van der Waals surface area contributed by atoms with E-state index in [2.05, 4.69) is 4.99 Å². The average molecular weight is 224 g/mol. The first-order valence-electron chi connectivity index (χ1n) is 4.73. The van der Waals surface area contributed by atoms with E-state index in [0.29, 0.717) is 12.3 Å². The maximum Gasteiger partial charge on any atom is 0.226 e. The summed E-state index contributed by atoms with van der Waals surface area (Å²) in [6.45, 7) is 2.31. The zero-order valence-corrected chi connectivity index (χ0v) is 8.99. The number of benzene rings is 1. The number of aliphatic imine (C=N–C) groups is 1. The summed E-state index contributed by atoms with van der Waals surface area (Å²) in [5, 5.41) is -0.00727. The topological polar surface area (TPSA) is 38.7 Å². The zero-order chi connectivity index (χ0) is 10.8. The maximum absolute atomic E-state index is 11.7. The van der Waals surface area contributed by atoms with Crippen molar-refractivity contribution >= 4 is 28.2 Å². The van der Waals surface area contributed by atoms with Crippen LogP contribution in [0.1, 0.15) is 18.6 Å². The third-order valence-corrected chi connectivity index (χ3v) is 2.48. The molecule has 1 aromatic carbocycles. The summed E-state index contributed by atoms with van der Waals surface area (Å²) in [6, 6.07) is 7.36. The van der Waals surface area contributed by atoms with Crippen LogP contribution >= 0.6 is 11.6 Å². The fourth-order valence-corrected chi connectivity index (χ4v) is 1.74. The monoisotopic (exact) mass is 223 g/mol. The van der Waals surface area contributed by atoms with Crippen molar-refractivity contribution in [1.82, 2.24) is 0 Å². The van der Waals surface area contributed by atoms with Gasteiger partial charge in [-0.2, -0.15) is 0 Å². The van der Waals surface area contributed by atoms with Crippen LogP contribution in [0.25, 0.3) is 0 Å². The number of hydrogen-bond acceptors (Lipinski definition) is 3. The third-order valence-electron chi connectivity index (χ3n) is 2.21. The van der Waals surface area contributed by atoms with E-state index in [1.807, 2.05) is 31.2 Å². The van der Waals surface area contributed by atoms with Gasteiger partial charge in [-0.25, -0.2) is 4.99 Å². The normalized spacial score (nSPS) is 19.7. The Balaban J connectivity index is 2.49. The van der Waals surface area contributed by atoms with Crippen molar-refractivity contribution in [3.63, 3.8) is 0 Å². The van der Waals surface area contributed by atoms with Crippen molar-refractivity contribution < 1.29 is 9.53 Å². The van der Waals surface area contributed by atoms with Gasteiger partial charge < -0.3 is 4.74 Å². The summed E-state index contributed by atoms with van der Waals surface area (Å²) < 4.78 is 5.38. The molecule has 0 spiro atoms. The third kappa shape index (κ3) is 1.80. The van der Waals surface area contributed by atoms with Gasteiger partial charge in [0.1, 0.15) is 0 Å². The molecule has 3 nitrogen and oxygen atoms in total. The smallest absolute Gasteiger partial charge is 0.226 e. The van der Waals surface area contributed by atoms with Crippen LogP contribution in [0.2, 0.25) is 0 Å². The molecule has 4 heteroatoms. The molecule has 78 valence electrons. The molecule has 0 fully saturated rings. The number of ketones is 1. The number of hydrogen-bond donors (Lipinski definition) is 0. The Morgan fingerprint density at radius 3 is 2.93 bits per heavy atom. The van der Waals surface area contributed by atoms with Crippen LogP contribution in [0.4, 0.5) is 5.69 Å². The van der Waals surface area contributed by atoms with Crippen LogP contribution in [-0.2, 0) is 9.53 Å². The minimum absolute atomic E-state index is 0.00727. The van der Waals surface area contributed by atoms with Crippen molar-refractivity contribution in [2.75, 3.05) is 6.61 Å². The molecule has 0 aromatic heterocycles. The molecule has 1 aliphatic rings. The van der Waals surface area contributed by atoms with Crippen LogP contribution < -0.4 is 0 Å². The van der Waals surface area contributed by atoms with Gasteiger partial charge in [0.05, 0.1) is 5.69 Å². The number of para-hydroxylation sites is 1. The molecule has 1 heterocycles. The van der Waals surface area contributed by atoms with Crippen LogP contribution in [-0.4, -0.2) is 17.6 Å². The Hall–Kier alpha value is -1.19. The van der Waals surface area contributed by atoms with Crippen molar-refractivity contribution in [3.8, 4) is 0 Å². The fraction of sp³-hybridized carbons (Fsp3) is 0.273. The molecule has 0 saturated carbocycles. The van der Waals surface area contributed by atoms with Crippen LogP contribution in [0, 0.1) is 0 Å². The second-order valence-corrected chi connectivity index (χ2v) is 3.52. The first-order chi connectivity index (χ1) is 7.24. The van der Waals surface area contributed by atoms with Gasteiger partial charge in [-0.05, 0) is 13.0 Å². The number of fused-ring (bicyclic) bond motifs is 1. The Labute approximate surface area is 92.7 Å². The van der Waals surface area contributed by atoms with Crippen LogP contribution in [0.3, 0.4) is 0 Å². The second kappa shape index (κ2) is 4.13. The first kappa shape index (κ1) is 10.3. The molecule has 0 saturated heterocycles. The summed E-state index contributed by atoms with van der Waals surface area (Å²) in [5.74, 6) is -0.266. The summed E-state index contributed by atoms with van der Waals surface area (Å²) in [6.07, 6.45) is -0.601. The Bertz CT molecular complexity index is 428. The van der Waals surface area contributed by atoms with E-state index in [4.69, 9.17) is 16.3 Å². The number of rotatable bonds is 2. The summed E-state index contributed by atoms with van der Waals surface area (Å²) in [5.41, 5.74) is 1.49. The average Bonchev–Trinajstić information content (AvgIpc) is 2.25. The van der Waals surface area contributed by atoms with Gasteiger partial charge in [0.25, 0.3) is 0 Å². The SMILES string of the molecule is CCOC1C(=O)C(Cl)=Nc2ccccc21. The van der Waals surface area contributed by atoms with Crippen molar-refractivity contribution in [1.29, 1.82) is 0 Å². The van der Waals surface area contributed by atoms with Crippen LogP contribution in [0.5, 0.6) is 0 Å². The molecule has 0 amide bonds. The van der Waals surface area contributed by atoms with Gasteiger partial charge in [-0.3, -0.25) is 4.79 Å².